The maximum absolute atomic E-state index is 11.6. The first-order valence-electron chi connectivity index (χ1n) is 6.60. The van der Waals surface area contributed by atoms with Crippen LogP contribution in [-0.2, 0) is 10.0 Å². The first-order chi connectivity index (χ1) is 9.77. The van der Waals surface area contributed by atoms with Crippen molar-refractivity contribution in [1.82, 2.24) is 4.31 Å². The number of rotatable bonds is 4. The Morgan fingerprint density at radius 2 is 2.00 bits per heavy atom. The van der Waals surface area contributed by atoms with Gasteiger partial charge in [-0.15, -0.1) is 0 Å². The van der Waals surface area contributed by atoms with E-state index in [1.165, 1.54) is 10.6 Å². The fourth-order valence-electron chi connectivity index (χ4n) is 2.38. The number of anilines is 1. The molecular formula is C13H18Br2N2O3S. The van der Waals surface area contributed by atoms with Crippen LogP contribution in [0.15, 0.2) is 21.1 Å². The van der Waals surface area contributed by atoms with Crippen LogP contribution in [0.1, 0.15) is 12.8 Å². The van der Waals surface area contributed by atoms with Crippen LogP contribution < -0.4 is 10.5 Å². The SMILES string of the molecule is CS(=O)(=O)N1CCCC(COc2c(Br)cc(N)cc2Br)C1. The zero-order chi connectivity index (χ0) is 15.6. The second kappa shape index (κ2) is 6.85. The highest BCUT2D eigenvalue weighted by Gasteiger charge is 2.26. The number of hydrogen-bond donors (Lipinski definition) is 1. The lowest BCUT2D eigenvalue weighted by Gasteiger charge is -2.30. The molecule has 21 heavy (non-hydrogen) atoms. The van der Waals surface area contributed by atoms with Gasteiger partial charge in [0.25, 0.3) is 0 Å². The van der Waals surface area contributed by atoms with E-state index in [1.54, 1.807) is 12.1 Å². The normalized spacial score (nSPS) is 20.4. The van der Waals surface area contributed by atoms with Gasteiger partial charge in [-0.2, -0.15) is 0 Å². The molecule has 1 aromatic carbocycles. The number of nitrogens with zero attached hydrogens (tertiary/aromatic N) is 1. The van der Waals surface area contributed by atoms with Gasteiger partial charge in [0.15, 0.2) is 0 Å². The minimum Gasteiger partial charge on any atom is -0.491 e. The molecule has 118 valence electrons. The Hall–Kier alpha value is -0.310. The number of hydrogen-bond acceptors (Lipinski definition) is 4. The number of nitrogen functional groups attached to an aromatic ring is 1. The summed E-state index contributed by atoms with van der Waals surface area (Å²) in [6, 6.07) is 3.56. The van der Waals surface area contributed by atoms with Gasteiger partial charge in [0.05, 0.1) is 21.8 Å². The third kappa shape index (κ3) is 4.58. The number of ether oxygens (including phenoxy) is 1. The van der Waals surface area contributed by atoms with Gasteiger partial charge in [0.2, 0.25) is 10.0 Å². The van der Waals surface area contributed by atoms with E-state index in [-0.39, 0.29) is 5.92 Å². The van der Waals surface area contributed by atoms with Gasteiger partial charge in [-0.1, -0.05) is 0 Å². The Bertz CT molecular complexity index is 599. The summed E-state index contributed by atoms with van der Waals surface area (Å²) >= 11 is 6.85. The molecule has 1 fully saturated rings. The predicted octanol–water partition coefficient (Wildman–Crippen LogP) is 2.84. The van der Waals surface area contributed by atoms with Gasteiger partial charge in [0, 0.05) is 24.7 Å². The van der Waals surface area contributed by atoms with Crippen molar-refractivity contribution in [3.63, 3.8) is 0 Å². The summed E-state index contributed by atoms with van der Waals surface area (Å²) in [6.45, 7) is 1.60. The molecule has 1 atom stereocenters. The van der Waals surface area contributed by atoms with Gasteiger partial charge in [-0.05, 0) is 56.8 Å². The van der Waals surface area contributed by atoms with E-state index in [2.05, 4.69) is 31.9 Å². The Morgan fingerprint density at radius 3 is 2.57 bits per heavy atom. The molecule has 1 saturated heterocycles. The average molecular weight is 442 g/mol. The average Bonchev–Trinajstić information content (AvgIpc) is 2.36. The van der Waals surface area contributed by atoms with Crippen LogP contribution in [0.25, 0.3) is 0 Å². The van der Waals surface area contributed by atoms with Crippen LogP contribution >= 0.6 is 31.9 Å². The zero-order valence-corrected chi connectivity index (χ0v) is 15.7. The molecule has 5 nitrogen and oxygen atoms in total. The number of piperidine rings is 1. The lowest BCUT2D eigenvalue weighted by molar-refractivity contribution is 0.179. The molecule has 0 radical (unpaired) electrons. The Balaban J connectivity index is 2.00. The van der Waals surface area contributed by atoms with Crippen LogP contribution in [0.3, 0.4) is 0 Å². The van der Waals surface area contributed by atoms with Crippen LogP contribution in [0, 0.1) is 5.92 Å². The van der Waals surface area contributed by atoms with E-state index >= 15 is 0 Å². The summed E-state index contributed by atoms with van der Waals surface area (Å²) in [7, 11) is -3.12. The molecule has 0 saturated carbocycles. The molecule has 1 unspecified atom stereocenters. The summed E-state index contributed by atoms with van der Waals surface area (Å²) in [5, 5.41) is 0. The molecule has 1 aliphatic rings. The van der Waals surface area contributed by atoms with Gasteiger partial charge >= 0.3 is 0 Å². The van der Waals surface area contributed by atoms with Gasteiger partial charge in [-0.3, -0.25) is 0 Å². The molecule has 1 aliphatic heterocycles. The smallest absolute Gasteiger partial charge is 0.211 e. The number of nitrogens with two attached hydrogens (primary N) is 1. The molecule has 0 bridgehead atoms. The fraction of sp³-hybridized carbons (Fsp3) is 0.538. The highest BCUT2D eigenvalue weighted by molar-refractivity contribution is 9.11. The van der Waals surface area contributed by atoms with Crippen molar-refractivity contribution in [2.75, 3.05) is 31.7 Å². The molecular weight excluding hydrogens is 424 g/mol. The standard InChI is InChI=1S/C13H18Br2N2O3S/c1-21(18,19)17-4-2-3-9(7-17)8-20-13-11(14)5-10(16)6-12(13)15/h5-6,9H,2-4,7-8,16H2,1H3. The molecule has 2 rings (SSSR count). The molecule has 8 heteroatoms. The molecule has 0 spiro atoms. The number of sulfonamides is 1. The van der Waals surface area contributed by atoms with Crippen molar-refractivity contribution in [2.24, 2.45) is 5.92 Å². The quantitative estimate of drug-likeness (QED) is 0.729. The van der Waals surface area contributed by atoms with E-state index in [4.69, 9.17) is 10.5 Å². The van der Waals surface area contributed by atoms with Crippen molar-refractivity contribution in [3.8, 4) is 5.75 Å². The summed E-state index contributed by atoms with van der Waals surface area (Å²) in [5.41, 5.74) is 6.39. The second-order valence-electron chi connectivity index (χ2n) is 5.25. The molecule has 0 amide bonds. The minimum atomic E-state index is -3.12. The van der Waals surface area contributed by atoms with Crippen molar-refractivity contribution >= 4 is 47.6 Å². The largest absolute Gasteiger partial charge is 0.491 e. The molecule has 2 N–H and O–H groups in total. The first-order valence-corrected chi connectivity index (χ1v) is 10.0. The van der Waals surface area contributed by atoms with Crippen molar-refractivity contribution < 1.29 is 13.2 Å². The van der Waals surface area contributed by atoms with Crippen molar-refractivity contribution in [3.05, 3.63) is 21.1 Å². The number of benzene rings is 1. The maximum atomic E-state index is 11.6. The summed E-state index contributed by atoms with van der Waals surface area (Å²) in [4.78, 5) is 0. The Kier molecular flexibility index (Phi) is 5.56. The summed E-state index contributed by atoms with van der Waals surface area (Å²) < 4.78 is 32.2. The fourth-order valence-corrected chi connectivity index (χ4v) is 4.78. The molecule has 1 heterocycles. The highest BCUT2D eigenvalue weighted by atomic mass is 79.9. The minimum absolute atomic E-state index is 0.199. The lowest BCUT2D eigenvalue weighted by atomic mass is 10.0. The monoisotopic (exact) mass is 440 g/mol. The summed E-state index contributed by atoms with van der Waals surface area (Å²) in [6.07, 6.45) is 3.09. The third-order valence-electron chi connectivity index (χ3n) is 3.43. The predicted molar refractivity (Wildman–Crippen MR) is 90.9 cm³/mol. The van der Waals surface area contributed by atoms with Gasteiger partial charge in [-0.25, -0.2) is 12.7 Å². The second-order valence-corrected chi connectivity index (χ2v) is 8.95. The van der Waals surface area contributed by atoms with Gasteiger partial charge < -0.3 is 10.5 Å². The van der Waals surface area contributed by atoms with Crippen LogP contribution in [0.5, 0.6) is 5.75 Å². The van der Waals surface area contributed by atoms with Crippen molar-refractivity contribution in [2.45, 2.75) is 12.8 Å². The topological polar surface area (TPSA) is 72.6 Å². The first kappa shape index (κ1) is 17.1. The third-order valence-corrected chi connectivity index (χ3v) is 5.88. The Morgan fingerprint density at radius 1 is 1.38 bits per heavy atom. The molecule has 1 aromatic rings. The zero-order valence-electron chi connectivity index (χ0n) is 11.7. The number of halogens is 2. The van der Waals surface area contributed by atoms with Gasteiger partial charge in [0.1, 0.15) is 5.75 Å². The van der Waals surface area contributed by atoms with E-state index in [9.17, 15) is 8.42 Å². The molecule has 0 aliphatic carbocycles. The van der Waals surface area contributed by atoms with Crippen LogP contribution in [-0.4, -0.2) is 38.7 Å². The van der Waals surface area contributed by atoms with E-state index in [0.29, 0.717) is 31.1 Å². The van der Waals surface area contributed by atoms with E-state index in [0.717, 1.165) is 21.8 Å². The van der Waals surface area contributed by atoms with E-state index in [1.807, 2.05) is 0 Å². The van der Waals surface area contributed by atoms with Crippen molar-refractivity contribution in [1.29, 1.82) is 0 Å². The van der Waals surface area contributed by atoms with Crippen LogP contribution in [0.2, 0.25) is 0 Å². The Labute approximate surface area is 142 Å². The van der Waals surface area contributed by atoms with Crippen LogP contribution in [0.4, 0.5) is 5.69 Å². The molecule has 0 aromatic heterocycles. The van der Waals surface area contributed by atoms with E-state index < -0.39 is 10.0 Å². The highest BCUT2D eigenvalue weighted by Crippen LogP contribution is 2.36. The lowest BCUT2D eigenvalue weighted by Crippen LogP contribution is -2.40. The summed E-state index contributed by atoms with van der Waals surface area (Å²) in [5.74, 6) is 0.894. The maximum Gasteiger partial charge on any atom is 0.211 e.